The topological polar surface area (TPSA) is 32.7 Å². The third-order valence-corrected chi connectivity index (χ3v) is 5.01. The number of rotatable bonds is 2. The Kier molecular flexibility index (Phi) is 3.61. The largest absolute Gasteiger partial charge is 0.385 e. The molecule has 3 nitrogen and oxygen atoms in total. The Morgan fingerprint density at radius 2 is 1.90 bits per heavy atom. The van der Waals surface area contributed by atoms with Crippen LogP contribution in [-0.4, -0.2) is 42.4 Å². The lowest BCUT2D eigenvalue weighted by Crippen LogP contribution is -2.59. The fraction of sp³-hybridized carbons (Fsp3) is 0.647. The summed E-state index contributed by atoms with van der Waals surface area (Å²) in [7, 11) is 2.15. The first kappa shape index (κ1) is 14.1. The Balaban J connectivity index is 1.91. The molecule has 2 bridgehead atoms. The summed E-state index contributed by atoms with van der Waals surface area (Å²) in [5.41, 5.74) is 1.68. The third kappa shape index (κ3) is 2.39. The zero-order valence-corrected chi connectivity index (χ0v) is 12.7. The van der Waals surface area contributed by atoms with Gasteiger partial charge in [0.25, 0.3) is 0 Å². The van der Waals surface area contributed by atoms with Gasteiger partial charge in [0.2, 0.25) is 0 Å². The number of likely N-dealkylation sites (N-methyl/N-ethyl adjacent to an activating group) is 1. The van der Waals surface area contributed by atoms with Gasteiger partial charge in [-0.1, -0.05) is 38.1 Å². The molecule has 0 spiro atoms. The molecule has 20 heavy (non-hydrogen) atoms. The Bertz CT molecular complexity index is 472. The molecule has 0 amide bonds. The van der Waals surface area contributed by atoms with Crippen molar-refractivity contribution in [2.75, 3.05) is 20.3 Å². The highest BCUT2D eigenvalue weighted by molar-refractivity contribution is 5.31. The Morgan fingerprint density at radius 1 is 1.25 bits per heavy atom. The van der Waals surface area contributed by atoms with Crippen molar-refractivity contribution in [3.63, 3.8) is 0 Å². The molecule has 0 radical (unpaired) electrons. The minimum absolute atomic E-state index is 0.329. The van der Waals surface area contributed by atoms with Gasteiger partial charge in [0, 0.05) is 12.1 Å². The van der Waals surface area contributed by atoms with Gasteiger partial charge in [-0.3, -0.25) is 4.90 Å². The lowest BCUT2D eigenvalue weighted by molar-refractivity contribution is -0.137. The summed E-state index contributed by atoms with van der Waals surface area (Å²) in [6.07, 6.45) is 1.53. The quantitative estimate of drug-likeness (QED) is 0.900. The molecule has 2 aliphatic rings. The molecule has 0 aromatic heterocycles. The van der Waals surface area contributed by atoms with Gasteiger partial charge in [0.15, 0.2) is 0 Å². The predicted molar refractivity (Wildman–Crippen MR) is 79.8 cm³/mol. The van der Waals surface area contributed by atoms with Gasteiger partial charge in [0.05, 0.1) is 18.8 Å². The minimum atomic E-state index is -0.698. The standard InChI is InChI=1S/C17H25NO2/c1-12(2)13-5-4-6-14(7-13)17(19)8-15-10-20-11-16(9-17)18(15)3/h4-7,12,15-16,19H,8-11H2,1-3H3. The molecule has 2 saturated heterocycles. The molecule has 2 unspecified atom stereocenters. The molecule has 2 fully saturated rings. The van der Waals surface area contributed by atoms with Gasteiger partial charge in [0.1, 0.15) is 0 Å². The maximum Gasteiger partial charge on any atom is 0.0928 e. The molecule has 0 aliphatic carbocycles. The van der Waals surface area contributed by atoms with Crippen LogP contribution in [0.25, 0.3) is 0 Å². The fourth-order valence-corrected chi connectivity index (χ4v) is 3.57. The van der Waals surface area contributed by atoms with Crippen LogP contribution in [-0.2, 0) is 10.3 Å². The number of morpholine rings is 1. The van der Waals surface area contributed by atoms with E-state index in [0.29, 0.717) is 18.0 Å². The summed E-state index contributed by atoms with van der Waals surface area (Å²) in [6.45, 7) is 5.86. The highest BCUT2D eigenvalue weighted by Crippen LogP contribution is 2.40. The molecule has 0 saturated carbocycles. The van der Waals surface area contributed by atoms with Crippen molar-refractivity contribution in [1.29, 1.82) is 0 Å². The van der Waals surface area contributed by atoms with Crippen molar-refractivity contribution >= 4 is 0 Å². The molecule has 1 aromatic rings. The second kappa shape index (κ2) is 5.14. The van der Waals surface area contributed by atoms with Crippen molar-refractivity contribution in [1.82, 2.24) is 4.90 Å². The maximum atomic E-state index is 11.2. The van der Waals surface area contributed by atoms with Crippen LogP contribution in [0, 0.1) is 0 Å². The van der Waals surface area contributed by atoms with Crippen LogP contribution in [0.5, 0.6) is 0 Å². The van der Waals surface area contributed by atoms with Crippen LogP contribution in [0.1, 0.15) is 43.7 Å². The van der Waals surface area contributed by atoms with Gasteiger partial charge < -0.3 is 9.84 Å². The molecular weight excluding hydrogens is 250 g/mol. The van der Waals surface area contributed by atoms with Crippen molar-refractivity contribution < 1.29 is 9.84 Å². The molecule has 2 atom stereocenters. The molecule has 3 heteroatoms. The van der Waals surface area contributed by atoms with Crippen LogP contribution in [0.3, 0.4) is 0 Å². The Labute approximate surface area is 121 Å². The summed E-state index contributed by atoms with van der Waals surface area (Å²) in [6, 6.07) is 9.15. The number of nitrogens with zero attached hydrogens (tertiary/aromatic N) is 1. The number of fused-ring (bicyclic) bond motifs is 2. The minimum Gasteiger partial charge on any atom is -0.385 e. The van der Waals surface area contributed by atoms with Crippen molar-refractivity contribution in [2.24, 2.45) is 0 Å². The number of aliphatic hydroxyl groups is 1. The monoisotopic (exact) mass is 275 g/mol. The predicted octanol–water partition coefficient (Wildman–Crippen LogP) is 2.49. The summed E-state index contributed by atoms with van der Waals surface area (Å²) < 4.78 is 5.65. The third-order valence-electron chi connectivity index (χ3n) is 5.01. The molecule has 110 valence electrons. The second-order valence-electron chi connectivity index (χ2n) is 6.73. The molecule has 2 aliphatic heterocycles. The van der Waals surface area contributed by atoms with E-state index in [4.69, 9.17) is 4.74 Å². The highest BCUT2D eigenvalue weighted by Gasteiger charge is 2.45. The van der Waals surface area contributed by atoms with E-state index in [1.807, 2.05) is 0 Å². The maximum absolute atomic E-state index is 11.2. The zero-order valence-electron chi connectivity index (χ0n) is 12.7. The average Bonchev–Trinajstić information content (AvgIpc) is 2.41. The molecule has 3 rings (SSSR count). The van der Waals surface area contributed by atoms with E-state index in [9.17, 15) is 5.11 Å². The first-order valence-corrected chi connectivity index (χ1v) is 7.62. The summed E-state index contributed by atoms with van der Waals surface area (Å²) in [5, 5.41) is 11.2. The fourth-order valence-electron chi connectivity index (χ4n) is 3.57. The lowest BCUT2D eigenvalue weighted by Gasteiger charge is -2.50. The summed E-state index contributed by atoms with van der Waals surface area (Å²) >= 11 is 0. The zero-order chi connectivity index (χ0) is 14.3. The number of piperidine rings is 1. The van der Waals surface area contributed by atoms with Crippen LogP contribution in [0.15, 0.2) is 24.3 Å². The average molecular weight is 275 g/mol. The summed E-state index contributed by atoms with van der Waals surface area (Å²) in [5.74, 6) is 0.493. The Morgan fingerprint density at radius 3 is 2.50 bits per heavy atom. The number of benzene rings is 1. The number of hydrogen-bond donors (Lipinski definition) is 1. The van der Waals surface area contributed by atoms with Crippen molar-refractivity contribution in [3.05, 3.63) is 35.4 Å². The van der Waals surface area contributed by atoms with Gasteiger partial charge >= 0.3 is 0 Å². The van der Waals surface area contributed by atoms with E-state index in [2.05, 4.69) is 50.1 Å². The number of hydrogen-bond acceptors (Lipinski definition) is 3. The second-order valence-corrected chi connectivity index (χ2v) is 6.73. The van der Waals surface area contributed by atoms with Crippen LogP contribution >= 0.6 is 0 Å². The summed E-state index contributed by atoms with van der Waals surface area (Å²) in [4.78, 5) is 2.38. The van der Waals surface area contributed by atoms with Gasteiger partial charge in [-0.25, -0.2) is 0 Å². The van der Waals surface area contributed by atoms with Gasteiger partial charge in [-0.2, -0.15) is 0 Å². The first-order chi connectivity index (χ1) is 9.49. The highest BCUT2D eigenvalue weighted by atomic mass is 16.5. The Hall–Kier alpha value is -0.900. The van der Waals surface area contributed by atoms with E-state index < -0.39 is 5.60 Å². The molecule has 1 N–H and O–H groups in total. The van der Waals surface area contributed by atoms with Crippen LogP contribution < -0.4 is 0 Å². The SMILES string of the molecule is CC(C)c1cccc(C2(O)CC3COCC(C2)N3C)c1. The van der Waals surface area contributed by atoms with Crippen molar-refractivity contribution in [2.45, 2.75) is 50.3 Å². The van der Waals surface area contributed by atoms with Gasteiger partial charge in [-0.05, 0) is 36.9 Å². The first-order valence-electron chi connectivity index (χ1n) is 7.62. The molecular formula is C17H25NO2. The van der Waals surface area contributed by atoms with E-state index in [1.54, 1.807) is 0 Å². The lowest BCUT2D eigenvalue weighted by atomic mass is 9.76. The van der Waals surface area contributed by atoms with Crippen LogP contribution in [0.4, 0.5) is 0 Å². The van der Waals surface area contributed by atoms with E-state index in [1.165, 1.54) is 5.56 Å². The molecule has 1 aromatic carbocycles. The number of ether oxygens (including phenoxy) is 1. The smallest absolute Gasteiger partial charge is 0.0928 e. The normalized spacial score (nSPS) is 34.5. The van der Waals surface area contributed by atoms with Crippen LogP contribution in [0.2, 0.25) is 0 Å². The van der Waals surface area contributed by atoms with Crippen molar-refractivity contribution in [3.8, 4) is 0 Å². The van der Waals surface area contributed by atoms with E-state index in [-0.39, 0.29) is 0 Å². The van der Waals surface area contributed by atoms with E-state index >= 15 is 0 Å². The van der Waals surface area contributed by atoms with E-state index in [0.717, 1.165) is 31.6 Å². The van der Waals surface area contributed by atoms with Gasteiger partial charge in [-0.15, -0.1) is 0 Å². The molecule has 2 heterocycles.